The van der Waals surface area contributed by atoms with E-state index < -0.39 is 6.09 Å². The number of carboxylic acid groups (broad SMARTS) is 1. The van der Waals surface area contributed by atoms with Crippen LogP contribution >= 0.6 is 0 Å². The van der Waals surface area contributed by atoms with E-state index in [0.717, 1.165) is 22.4 Å². The number of carbonyl (C=O) groups excluding carboxylic acids is 1. The van der Waals surface area contributed by atoms with Gasteiger partial charge in [-0.3, -0.25) is 4.79 Å². The Kier molecular flexibility index (Phi) is 4.84. The molecule has 5 heteroatoms. The van der Waals surface area contributed by atoms with Crippen LogP contribution in [-0.2, 0) is 11.3 Å². The van der Waals surface area contributed by atoms with Gasteiger partial charge in [0, 0.05) is 24.9 Å². The van der Waals surface area contributed by atoms with Crippen LogP contribution in [0.3, 0.4) is 0 Å². The summed E-state index contributed by atoms with van der Waals surface area (Å²) >= 11 is 0. The molecule has 128 valence electrons. The van der Waals surface area contributed by atoms with Gasteiger partial charge in [-0.1, -0.05) is 48.5 Å². The summed E-state index contributed by atoms with van der Waals surface area (Å²) in [6.45, 7) is 2.81. The Morgan fingerprint density at radius 3 is 2.40 bits per heavy atom. The van der Waals surface area contributed by atoms with Gasteiger partial charge in [-0.15, -0.1) is 0 Å². The summed E-state index contributed by atoms with van der Waals surface area (Å²) < 4.78 is 0. The van der Waals surface area contributed by atoms with E-state index in [4.69, 9.17) is 0 Å². The molecule has 0 saturated carbocycles. The molecule has 2 aromatic rings. The third kappa shape index (κ3) is 3.71. The van der Waals surface area contributed by atoms with Gasteiger partial charge >= 0.3 is 6.09 Å². The van der Waals surface area contributed by atoms with Crippen molar-refractivity contribution < 1.29 is 14.7 Å². The molecule has 0 saturated heterocycles. The Hall–Kier alpha value is -3.08. The normalized spacial score (nSPS) is 14.7. The van der Waals surface area contributed by atoms with Gasteiger partial charge in [0.15, 0.2) is 0 Å². The highest BCUT2D eigenvalue weighted by Crippen LogP contribution is 2.26. The van der Waals surface area contributed by atoms with E-state index in [9.17, 15) is 14.7 Å². The molecule has 25 heavy (non-hydrogen) atoms. The lowest BCUT2D eigenvalue weighted by Crippen LogP contribution is -2.36. The molecule has 2 aromatic carbocycles. The third-order valence-electron chi connectivity index (χ3n) is 4.34. The summed E-state index contributed by atoms with van der Waals surface area (Å²) in [5.74, 6) is -0.138. The van der Waals surface area contributed by atoms with Crippen LogP contribution in [0.2, 0.25) is 0 Å². The molecule has 0 unspecified atom stereocenters. The van der Waals surface area contributed by atoms with E-state index in [1.54, 1.807) is 11.0 Å². The molecule has 5 nitrogen and oxygen atoms in total. The molecule has 1 aliphatic heterocycles. The number of fused-ring (bicyclic) bond motifs is 1. The molecule has 0 aliphatic carbocycles. The standard InChI is InChI=1S/C20H20N2O3/c1-15(16-7-3-2-4-8-16)13-19(23)22-12-11-21(20(24)25)14-17-9-5-6-10-18(17)22/h2-10,13H,11-12,14H2,1H3,(H,24,25)/b15-13-. The first kappa shape index (κ1) is 16.8. The molecule has 0 fully saturated rings. The third-order valence-corrected chi connectivity index (χ3v) is 4.34. The molecule has 1 aliphatic rings. The summed E-state index contributed by atoms with van der Waals surface area (Å²) in [7, 11) is 0. The van der Waals surface area contributed by atoms with Crippen molar-refractivity contribution in [2.45, 2.75) is 13.5 Å². The van der Waals surface area contributed by atoms with Crippen LogP contribution in [0.15, 0.2) is 60.7 Å². The number of anilines is 1. The average molecular weight is 336 g/mol. The Morgan fingerprint density at radius 2 is 1.68 bits per heavy atom. The van der Waals surface area contributed by atoms with Gasteiger partial charge in [-0.05, 0) is 29.7 Å². The van der Waals surface area contributed by atoms with Gasteiger partial charge in [0.05, 0.1) is 6.54 Å². The largest absolute Gasteiger partial charge is 0.465 e. The van der Waals surface area contributed by atoms with Crippen molar-refractivity contribution in [1.29, 1.82) is 0 Å². The number of hydrogen-bond donors (Lipinski definition) is 1. The van der Waals surface area contributed by atoms with Gasteiger partial charge < -0.3 is 14.9 Å². The van der Waals surface area contributed by atoms with E-state index in [2.05, 4.69) is 0 Å². The number of amides is 2. The minimum absolute atomic E-state index is 0.138. The number of hydrogen-bond acceptors (Lipinski definition) is 2. The van der Waals surface area contributed by atoms with Gasteiger partial charge in [-0.2, -0.15) is 0 Å². The molecule has 0 aromatic heterocycles. The maximum atomic E-state index is 12.9. The predicted octanol–water partition coefficient (Wildman–Crippen LogP) is 3.62. The summed E-state index contributed by atoms with van der Waals surface area (Å²) in [6.07, 6.45) is 0.642. The van der Waals surface area contributed by atoms with Crippen molar-refractivity contribution in [2.24, 2.45) is 0 Å². The van der Waals surface area contributed by atoms with E-state index in [1.807, 2.05) is 61.5 Å². The van der Waals surface area contributed by atoms with Gasteiger partial charge in [-0.25, -0.2) is 4.79 Å². The van der Waals surface area contributed by atoms with Crippen molar-refractivity contribution >= 4 is 23.3 Å². The predicted molar refractivity (Wildman–Crippen MR) is 97.3 cm³/mol. The van der Waals surface area contributed by atoms with Crippen LogP contribution in [-0.4, -0.2) is 35.1 Å². The van der Waals surface area contributed by atoms with Crippen LogP contribution in [0.25, 0.3) is 5.57 Å². The van der Waals surface area contributed by atoms with E-state index >= 15 is 0 Å². The molecule has 2 amide bonds. The first-order valence-electron chi connectivity index (χ1n) is 8.17. The Bertz CT molecular complexity index is 815. The van der Waals surface area contributed by atoms with Gasteiger partial charge in [0.2, 0.25) is 0 Å². The molecular formula is C20H20N2O3. The second-order valence-electron chi connectivity index (χ2n) is 6.02. The minimum Gasteiger partial charge on any atom is -0.465 e. The first-order valence-corrected chi connectivity index (χ1v) is 8.17. The lowest BCUT2D eigenvalue weighted by molar-refractivity contribution is -0.114. The van der Waals surface area contributed by atoms with Crippen molar-refractivity contribution in [3.05, 3.63) is 71.8 Å². The second-order valence-corrected chi connectivity index (χ2v) is 6.02. The van der Waals surface area contributed by atoms with Gasteiger partial charge in [0.1, 0.15) is 0 Å². The number of rotatable bonds is 2. The number of para-hydroxylation sites is 1. The lowest BCUT2D eigenvalue weighted by atomic mass is 10.1. The Morgan fingerprint density at radius 1 is 1.00 bits per heavy atom. The molecule has 0 bridgehead atoms. The quantitative estimate of drug-likeness (QED) is 0.852. The Balaban J connectivity index is 1.91. The van der Waals surface area contributed by atoms with E-state index in [1.165, 1.54) is 4.90 Å². The van der Waals surface area contributed by atoms with E-state index in [0.29, 0.717) is 6.54 Å². The molecule has 3 rings (SSSR count). The van der Waals surface area contributed by atoms with Crippen molar-refractivity contribution in [3.63, 3.8) is 0 Å². The number of carbonyl (C=O) groups is 2. The Labute approximate surface area is 146 Å². The van der Waals surface area contributed by atoms with Crippen LogP contribution in [0, 0.1) is 0 Å². The fraction of sp³-hybridized carbons (Fsp3) is 0.200. The SMILES string of the molecule is C/C(=C/C(=O)N1CCN(C(=O)O)Cc2ccccc21)c1ccccc1. The van der Waals surface area contributed by atoms with Crippen molar-refractivity contribution in [3.8, 4) is 0 Å². The first-order chi connectivity index (χ1) is 12.1. The lowest BCUT2D eigenvalue weighted by Gasteiger charge is -2.21. The summed E-state index contributed by atoms with van der Waals surface area (Å²) in [5.41, 5.74) is 3.48. The highest BCUT2D eigenvalue weighted by atomic mass is 16.4. The zero-order valence-corrected chi connectivity index (χ0v) is 14.1. The number of allylic oxidation sites excluding steroid dienone is 1. The molecule has 1 heterocycles. The van der Waals surface area contributed by atoms with Crippen LogP contribution < -0.4 is 4.90 Å². The molecule has 0 atom stereocenters. The van der Waals surface area contributed by atoms with E-state index in [-0.39, 0.29) is 19.0 Å². The monoisotopic (exact) mass is 336 g/mol. The summed E-state index contributed by atoms with van der Waals surface area (Å²) in [5, 5.41) is 9.32. The van der Waals surface area contributed by atoms with Crippen LogP contribution in [0.1, 0.15) is 18.1 Å². The van der Waals surface area contributed by atoms with Crippen LogP contribution in [0.5, 0.6) is 0 Å². The van der Waals surface area contributed by atoms with Crippen molar-refractivity contribution in [1.82, 2.24) is 4.90 Å². The fourth-order valence-electron chi connectivity index (χ4n) is 2.97. The number of benzene rings is 2. The zero-order valence-electron chi connectivity index (χ0n) is 14.1. The summed E-state index contributed by atoms with van der Waals surface area (Å²) in [6, 6.07) is 17.2. The smallest absolute Gasteiger partial charge is 0.407 e. The summed E-state index contributed by atoms with van der Waals surface area (Å²) in [4.78, 5) is 27.2. The average Bonchev–Trinajstić information content (AvgIpc) is 2.82. The topological polar surface area (TPSA) is 60.9 Å². The molecule has 0 spiro atoms. The van der Waals surface area contributed by atoms with Gasteiger partial charge in [0.25, 0.3) is 5.91 Å². The maximum Gasteiger partial charge on any atom is 0.407 e. The maximum absolute atomic E-state index is 12.9. The highest BCUT2D eigenvalue weighted by molar-refractivity contribution is 6.06. The zero-order chi connectivity index (χ0) is 17.8. The minimum atomic E-state index is -0.972. The van der Waals surface area contributed by atoms with Crippen LogP contribution in [0.4, 0.5) is 10.5 Å². The van der Waals surface area contributed by atoms with Crippen molar-refractivity contribution in [2.75, 3.05) is 18.0 Å². The molecular weight excluding hydrogens is 316 g/mol. The fourth-order valence-corrected chi connectivity index (χ4v) is 2.97. The molecule has 0 radical (unpaired) electrons. The highest BCUT2D eigenvalue weighted by Gasteiger charge is 2.25. The number of nitrogens with zero attached hydrogens (tertiary/aromatic N) is 2. The second kappa shape index (κ2) is 7.21. The molecule has 1 N–H and O–H groups in total.